The second-order valence-corrected chi connectivity index (χ2v) is 8.22. The van der Waals surface area contributed by atoms with Gasteiger partial charge in [0, 0.05) is 38.6 Å². The molecule has 26 heavy (non-hydrogen) atoms. The molecule has 2 fully saturated rings. The molecule has 0 saturated carbocycles. The standard InChI is InChI=1S/C15H21N5O5S/c1-25-7-5-20-15(22)12-9-11(10-19(12)6-8-26(20,23)24)18-14(21)13-16-3-2-4-17-13/h2-4,11-12H,5-10H2,1H3,(H,18,21)/t11-,12-/m0/s1. The lowest BCUT2D eigenvalue weighted by Gasteiger charge is -2.23. The number of nitrogens with zero attached hydrogens (tertiary/aromatic N) is 4. The number of fused-ring (bicyclic) bond motifs is 1. The lowest BCUT2D eigenvalue weighted by molar-refractivity contribution is -0.131. The van der Waals surface area contributed by atoms with Crippen molar-refractivity contribution in [3.8, 4) is 0 Å². The molecule has 0 aromatic carbocycles. The van der Waals surface area contributed by atoms with Gasteiger partial charge in [-0.2, -0.15) is 0 Å². The maximum absolute atomic E-state index is 12.8. The fourth-order valence-corrected chi connectivity index (χ4v) is 4.68. The molecular weight excluding hydrogens is 362 g/mol. The van der Waals surface area contributed by atoms with E-state index in [-0.39, 0.29) is 37.3 Å². The second kappa shape index (κ2) is 7.64. The van der Waals surface area contributed by atoms with Crippen LogP contribution >= 0.6 is 0 Å². The van der Waals surface area contributed by atoms with E-state index in [9.17, 15) is 18.0 Å². The number of ether oxygens (including phenoxy) is 1. The summed E-state index contributed by atoms with van der Waals surface area (Å²) in [4.78, 5) is 34.6. The highest BCUT2D eigenvalue weighted by molar-refractivity contribution is 7.89. The molecule has 1 aromatic heterocycles. The van der Waals surface area contributed by atoms with E-state index < -0.39 is 27.9 Å². The summed E-state index contributed by atoms with van der Waals surface area (Å²) >= 11 is 0. The van der Waals surface area contributed by atoms with Crippen LogP contribution in [0.4, 0.5) is 0 Å². The Hall–Kier alpha value is -2.11. The van der Waals surface area contributed by atoms with E-state index in [1.807, 2.05) is 4.90 Å². The molecular formula is C15H21N5O5S. The van der Waals surface area contributed by atoms with Gasteiger partial charge in [0.25, 0.3) is 11.8 Å². The molecule has 0 bridgehead atoms. The van der Waals surface area contributed by atoms with Gasteiger partial charge in [-0.05, 0) is 12.5 Å². The number of amides is 2. The van der Waals surface area contributed by atoms with Crippen LogP contribution in [0.2, 0.25) is 0 Å². The van der Waals surface area contributed by atoms with Gasteiger partial charge < -0.3 is 10.1 Å². The molecule has 3 rings (SSSR count). The van der Waals surface area contributed by atoms with Crippen molar-refractivity contribution in [1.29, 1.82) is 0 Å². The Morgan fingerprint density at radius 3 is 2.81 bits per heavy atom. The van der Waals surface area contributed by atoms with Crippen LogP contribution in [0.3, 0.4) is 0 Å². The van der Waals surface area contributed by atoms with Gasteiger partial charge in [-0.1, -0.05) is 0 Å². The van der Waals surface area contributed by atoms with E-state index in [1.165, 1.54) is 19.5 Å². The zero-order valence-electron chi connectivity index (χ0n) is 14.4. The van der Waals surface area contributed by atoms with Crippen molar-refractivity contribution < 1.29 is 22.7 Å². The van der Waals surface area contributed by atoms with Crippen molar-refractivity contribution in [1.82, 2.24) is 24.5 Å². The Labute approximate surface area is 151 Å². The van der Waals surface area contributed by atoms with Crippen LogP contribution in [0.25, 0.3) is 0 Å². The summed E-state index contributed by atoms with van der Waals surface area (Å²) in [6.07, 6.45) is 3.30. The highest BCUT2D eigenvalue weighted by Crippen LogP contribution is 2.24. The molecule has 2 aliphatic heterocycles. The van der Waals surface area contributed by atoms with Crippen molar-refractivity contribution in [3.05, 3.63) is 24.3 Å². The molecule has 0 aliphatic carbocycles. The topological polar surface area (TPSA) is 122 Å². The molecule has 0 spiro atoms. The van der Waals surface area contributed by atoms with E-state index in [0.717, 1.165) is 4.31 Å². The quantitative estimate of drug-likeness (QED) is 0.650. The van der Waals surface area contributed by atoms with E-state index in [0.29, 0.717) is 13.0 Å². The lowest BCUT2D eigenvalue weighted by atomic mass is 10.1. The van der Waals surface area contributed by atoms with Crippen molar-refractivity contribution in [2.45, 2.75) is 18.5 Å². The average molecular weight is 383 g/mol. The number of nitrogens with one attached hydrogen (secondary N) is 1. The van der Waals surface area contributed by atoms with Gasteiger partial charge >= 0.3 is 0 Å². The molecule has 142 valence electrons. The molecule has 1 aromatic rings. The first-order chi connectivity index (χ1) is 12.4. The summed E-state index contributed by atoms with van der Waals surface area (Å²) in [5.41, 5.74) is 0. The first-order valence-corrected chi connectivity index (χ1v) is 9.88. The van der Waals surface area contributed by atoms with E-state index in [2.05, 4.69) is 15.3 Å². The fourth-order valence-electron chi connectivity index (χ4n) is 3.25. The van der Waals surface area contributed by atoms with Gasteiger partial charge in [0.05, 0.1) is 24.9 Å². The third-order valence-electron chi connectivity index (χ3n) is 4.51. The third-order valence-corrected chi connectivity index (χ3v) is 6.24. The predicted molar refractivity (Wildman–Crippen MR) is 90.6 cm³/mol. The first kappa shape index (κ1) is 18.7. The van der Waals surface area contributed by atoms with Crippen LogP contribution in [0.1, 0.15) is 17.0 Å². The minimum absolute atomic E-state index is 0.00309. The van der Waals surface area contributed by atoms with Crippen molar-refractivity contribution >= 4 is 21.8 Å². The molecule has 0 radical (unpaired) electrons. The second-order valence-electron chi connectivity index (χ2n) is 6.21. The minimum atomic E-state index is -3.65. The molecule has 10 nitrogen and oxygen atoms in total. The number of hydrogen-bond acceptors (Lipinski definition) is 8. The molecule has 2 atom stereocenters. The van der Waals surface area contributed by atoms with Crippen molar-refractivity contribution in [2.24, 2.45) is 0 Å². The molecule has 3 heterocycles. The number of methoxy groups -OCH3 is 1. The lowest BCUT2D eigenvalue weighted by Crippen LogP contribution is -2.45. The van der Waals surface area contributed by atoms with Crippen molar-refractivity contribution in [2.75, 3.05) is 39.1 Å². The number of rotatable bonds is 5. The number of sulfonamides is 1. The summed E-state index contributed by atoms with van der Waals surface area (Å²) in [5.74, 6) is -0.955. The number of hydrogen-bond donors (Lipinski definition) is 1. The number of carbonyl (C=O) groups excluding carboxylic acids is 2. The summed E-state index contributed by atoms with van der Waals surface area (Å²) < 4.78 is 30.5. The molecule has 2 saturated heterocycles. The summed E-state index contributed by atoms with van der Waals surface area (Å²) in [7, 11) is -2.20. The average Bonchev–Trinajstić information content (AvgIpc) is 3.00. The van der Waals surface area contributed by atoms with Crippen LogP contribution in [0.5, 0.6) is 0 Å². The fraction of sp³-hybridized carbons (Fsp3) is 0.600. The molecule has 11 heteroatoms. The highest BCUT2D eigenvalue weighted by Gasteiger charge is 2.45. The monoisotopic (exact) mass is 383 g/mol. The maximum Gasteiger partial charge on any atom is 0.289 e. The van der Waals surface area contributed by atoms with E-state index in [1.54, 1.807) is 6.07 Å². The Morgan fingerprint density at radius 1 is 1.38 bits per heavy atom. The Morgan fingerprint density at radius 2 is 2.12 bits per heavy atom. The Balaban J connectivity index is 1.70. The summed E-state index contributed by atoms with van der Waals surface area (Å²) in [5, 5.41) is 2.82. The van der Waals surface area contributed by atoms with Crippen LogP contribution < -0.4 is 5.32 Å². The van der Waals surface area contributed by atoms with Crippen LogP contribution in [-0.4, -0.2) is 90.6 Å². The normalized spacial score (nSPS) is 25.6. The van der Waals surface area contributed by atoms with Crippen LogP contribution in [0, 0.1) is 0 Å². The zero-order valence-corrected chi connectivity index (χ0v) is 15.2. The Kier molecular flexibility index (Phi) is 5.49. The molecule has 0 unspecified atom stereocenters. The van der Waals surface area contributed by atoms with Crippen LogP contribution in [-0.2, 0) is 19.6 Å². The third kappa shape index (κ3) is 3.84. The number of aromatic nitrogens is 2. The van der Waals surface area contributed by atoms with E-state index in [4.69, 9.17) is 4.74 Å². The van der Waals surface area contributed by atoms with Gasteiger partial charge in [-0.3, -0.25) is 14.5 Å². The summed E-state index contributed by atoms with van der Waals surface area (Å²) in [6, 6.07) is 0.764. The largest absolute Gasteiger partial charge is 0.383 e. The maximum atomic E-state index is 12.8. The van der Waals surface area contributed by atoms with E-state index >= 15 is 0 Å². The first-order valence-electron chi connectivity index (χ1n) is 8.27. The SMILES string of the molecule is COCCN1C(=O)[C@@H]2C[C@H](NC(=O)c3ncccn3)CN2CCS1(=O)=O. The minimum Gasteiger partial charge on any atom is -0.383 e. The predicted octanol–water partition coefficient (Wildman–Crippen LogP) is -1.53. The number of carbonyl (C=O) groups is 2. The van der Waals surface area contributed by atoms with Gasteiger partial charge in [-0.25, -0.2) is 22.7 Å². The molecule has 1 N–H and O–H groups in total. The smallest absolute Gasteiger partial charge is 0.289 e. The molecule has 2 aliphatic rings. The highest BCUT2D eigenvalue weighted by atomic mass is 32.2. The van der Waals surface area contributed by atoms with Gasteiger partial charge in [0.2, 0.25) is 15.8 Å². The summed E-state index contributed by atoms with van der Waals surface area (Å²) in [6.45, 7) is 0.791. The van der Waals surface area contributed by atoms with Gasteiger partial charge in [0.1, 0.15) is 0 Å². The van der Waals surface area contributed by atoms with Gasteiger partial charge in [-0.15, -0.1) is 0 Å². The van der Waals surface area contributed by atoms with Gasteiger partial charge in [0.15, 0.2) is 0 Å². The molecule has 2 amide bonds. The zero-order chi connectivity index (χ0) is 18.7. The van der Waals surface area contributed by atoms with Crippen LogP contribution in [0.15, 0.2) is 18.5 Å². The van der Waals surface area contributed by atoms with Crippen molar-refractivity contribution in [3.63, 3.8) is 0 Å². The Bertz CT molecular complexity index is 772.